The van der Waals surface area contributed by atoms with Crippen molar-refractivity contribution in [2.45, 2.75) is 26.9 Å². The van der Waals surface area contributed by atoms with E-state index in [1.54, 1.807) is 33.4 Å². The van der Waals surface area contributed by atoms with Crippen LogP contribution >= 0.6 is 23.2 Å². The Labute approximate surface area is 211 Å². The molecule has 4 heterocycles. The molecule has 3 aromatic carbocycles. The van der Waals surface area contributed by atoms with Crippen molar-refractivity contribution in [2.75, 3.05) is 0 Å². The minimum absolute atomic E-state index is 0.186. The number of hydrogen-bond acceptors (Lipinski definition) is 6. The number of aromatic amines is 2. The average Bonchev–Trinajstić information content (AvgIpc) is 3.35. The van der Waals surface area contributed by atoms with Gasteiger partial charge in [-0.15, -0.1) is 0 Å². The summed E-state index contributed by atoms with van der Waals surface area (Å²) in [6.45, 7) is 4.78. The van der Waals surface area contributed by atoms with E-state index in [2.05, 4.69) is 20.0 Å². The Morgan fingerprint density at radius 1 is 0.750 bits per heavy atom. The molecule has 2 aliphatic heterocycles. The molecule has 2 aliphatic rings. The summed E-state index contributed by atoms with van der Waals surface area (Å²) in [6, 6.07) is 6.96. The van der Waals surface area contributed by atoms with Crippen molar-refractivity contribution < 1.29 is 9.47 Å². The first-order valence-electron chi connectivity index (χ1n) is 11.2. The first-order chi connectivity index (χ1) is 17.4. The fraction of sp³-hybridized carbons (Fsp3) is 0.167. The predicted molar refractivity (Wildman–Crippen MR) is 135 cm³/mol. The molecule has 10 nitrogen and oxygen atoms in total. The van der Waals surface area contributed by atoms with Gasteiger partial charge in [-0.3, -0.25) is 9.13 Å². The molecule has 0 saturated carbocycles. The van der Waals surface area contributed by atoms with E-state index in [0.717, 1.165) is 0 Å². The molecule has 0 fully saturated rings. The monoisotopic (exact) mass is 522 g/mol. The Hall–Kier alpha value is -4.02. The molecule has 36 heavy (non-hydrogen) atoms. The third-order valence-electron chi connectivity index (χ3n) is 6.48. The van der Waals surface area contributed by atoms with Crippen LogP contribution in [0.15, 0.2) is 43.8 Å². The minimum Gasteiger partial charge on any atom is -0.451 e. The van der Waals surface area contributed by atoms with Gasteiger partial charge in [0.05, 0.1) is 22.1 Å². The van der Waals surface area contributed by atoms with Crippen LogP contribution in [0, 0.1) is 0 Å². The summed E-state index contributed by atoms with van der Waals surface area (Å²) in [5, 5.41) is 0.977. The summed E-state index contributed by atoms with van der Waals surface area (Å²) in [5.41, 5.74) is 3.21. The molecule has 0 atom stereocenters. The first kappa shape index (κ1) is 21.3. The van der Waals surface area contributed by atoms with E-state index in [0.29, 0.717) is 68.7 Å². The number of ether oxygens (including phenoxy) is 2. The minimum atomic E-state index is -0.214. The van der Waals surface area contributed by atoms with E-state index < -0.39 is 0 Å². The van der Waals surface area contributed by atoms with Crippen molar-refractivity contribution in [1.82, 2.24) is 19.1 Å². The maximum absolute atomic E-state index is 12.3. The molecule has 0 bridgehead atoms. The zero-order chi connectivity index (χ0) is 24.9. The molecular weight excluding hydrogens is 507 g/mol. The van der Waals surface area contributed by atoms with Gasteiger partial charge >= 0.3 is 11.4 Å². The van der Waals surface area contributed by atoms with E-state index in [1.165, 1.54) is 0 Å². The number of nitrogens with zero attached hydrogens (tertiary/aromatic N) is 4. The molecule has 0 unspecified atom stereocenters. The van der Waals surface area contributed by atoms with Gasteiger partial charge in [0.2, 0.25) is 0 Å². The molecule has 12 heteroatoms. The summed E-state index contributed by atoms with van der Waals surface area (Å²) in [6.07, 6.45) is 0. The van der Waals surface area contributed by atoms with Gasteiger partial charge in [0.15, 0.2) is 23.0 Å². The highest BCUT2D eigenvalue weighted by Crippen LogP contribution is 2.44. The van der Waals surface area contributed by atoms with Crippen molar-refractivity contribution in [2.24, 2.45) is 9.98 Å². The van der Waals surface area contributed by atoms with E-state index in [4.69, 9.17) is 32.7 Å². The average molecular weight is 523 g/mol. The molecule has 0 spiro atoms. The van der Waals surface area contributed by atoms with Crippen LogP contribution in [0.1, 0.15) is 13.8 Å². The number of fused-ring (bicyclic) bond motifs is 6. The normalized spacial score (nSPS) is 13.2. The number of benzene rings is 3. The molecular formula is C24H16Cl2N6O4. The highest BCUT2D eigenvalue weighted by molar-refractivity contribution is 6.35. The lowest BCUT2D eigenvalue weighted by Crippen LogP contribution is -2.22. The Kier molecular flexibility index (Phi) is 4.28. The van der Waals surface area contributed by atoms with Gasteiger partial charge in [-0.1, -0.05) is 23.2 Å². The number of aromatic nitrogens is 4. The van der Waals surface area contributed by atoms with E-state index in [9.17, 15) is 9.59 Å². The number of aryl methyl sites for hydroxylation is 2. The van der Waals surface area contributed by atoms with Gasteiger partial charge in [0.25, 0.3) is 0 Å². The maximum atomic E-state index is 12.3. The van der Waals surface area contributed by atoms with Gasteiger partial charge in [-0.05, 0) is 26.0 Å². The van der Waals surface area contributed by atoms with Gasteiger partial charge < -0.3 is 19.4 Å². The van der Waals surface area contributed by atoms with Crippen LogP contribution in [-0.2, 0) is 13.1 Å². The Balaban J connectivity index is 1.46. The van der Waals surface area contributed by atoms with E-state index in [-0.39, 0.29) is 32.9 Å². The van der Waals surface area contributed by atoms with Crippen LogP contribution in [-0.4, -0.2) is 19.1 Å². The molecule has 0 saturated heterocycles. The summed E-state index contributed by atoms with van der Waals surface area (Å²) < 4.78 is 15.5. The lowest BCUT2D eigenvalue weighted by Gasteiger charge is -2.21. The Morgan fingerprint density at radius 3 is 1.56 bits per heavy atom. The maximum Gasteiger partial charge on any atom is 0.326 e. The van der Waals surface area contributed by atoms with Crippen molar-refractivity contribution in [3.63, 3.8) is 0 Å². The molecule has 5 aromatic rings. The van der Waals surface area contributed by atoms with Crippen molar-refractivity contribution in [3.05, 3.63) is 66.0 Å². The van der Waals surface area contributed by atoms with E-state index >= 15 is 0 Å². The quantitative estimate of drug-likeness (QED) is 0.349. The lowest BCUT2D eigenvalue weighted by atomic mass is 10.2. The van der Waals surface area contributed by atoms with Crippen LogP contribution in [0.5, 0.6) is 23.0 Å². The zero-order valence-corrected chi connectivity index (χ0v) is 20.4. The number of imidazole rings is 2. The van der Waals surface area contributed by atoms with Crippen LogP contribution in [0.2, 0.25) is 10.0 Å². The fourth-order valence-corrected chi connectivity index (χ4v) is 5.29. The molecule has 7 rings (SSSR count). The molecule has 0 radical (unpaired) electrons. The Morgan fingerprint density at radius 2 is 1.17 bits per heavy atom. The predicted octanol–water partition coefficient (Wildman–Crippen LogP) is 4.43. The topological polar surface area (TPSA) is 119 Å². The SMILES string of the molecule is CCn1c(=O)[nH]c2cc3c(cc21)Oc1c(Cl)c2c(c(Cl)c1=N3)Oc1cc3c(cc1N=2)[nH]c(=O)n3CC. The van der Waals surface area contributed by atoms with Crippen LogP contribution < -0.4 is 31.6 Å². The second-order valence-electron chi connectivity index (χ2n) is 8.43. The second kappa shape index (κ2) is 7.25. The van der Waals surface area contributed by atoms with Crippen molar-refractivity contribution >= 4 is 56.6 Å². The van der Waals surface area contributed by atoms with Crippen LogP contribution in [0.4, 0.5) is 11.4 Å². The first-order valence-corrected chi connectivity index (χ1v) is 12.0. The third kappa shape index (κ3) is 2.73. The van der Waals surface area contributed by atoms with Gasteiger partial charge in [-0.25, -0.2) is 19.6 Å². The summed E-state index contributed by atoms with van der Waals surface area (Å²) in [5.74, 6) is 1.36. The van der Waals surface area contributed by atoms with Gasteiger partial charge in [0.1, 0.15) is 32.1 Å². The highest BCUT2D eigenvalue weighted by atomic mass is 35.5. The number of halogens is 2. The third-order valence-corrected chi connectivity index (χ3v) is 7.18. The zero-order valence-electron chi connectivity index (χ0n) is 18.9. The molecule has 2 aromatic heterocycles. The molecule has 0 amide bonds. The van der Waals surface area contributed by atoms with Gasteiger partial charge in [-0.2, -0.15) is 0 Å². The number of H-pyrrole nitrogens is 2. The molecule has 0 aliphatic carbocycles. The largest absolute Gasteiger partial charge is 0.451 e. The Bertz CT molecular complexity index is 1900. The standard InChI is InChI=1S/C24H16Cl2N6O4/c1-3-31-13-7-15-11(5-9(13)29-23(31)33)27-19-18(26)22-20(17(25)21(19)35-15)28-12-6-10-14(8-16(12)36-22)32(4-2)24(34)30-10/h5-8H,3-4H2,1-2H3,(H,29,33)(H,30,34). The van der Waals surface area contributed by atoms with E-state index in [1.807, 2.05) is 13.8 Å². The van der Waals surface area contributed by atoms with Gasteiger partial charge in [0, 0.05) is 25.2 Å². The number of nitrogens with one attached hydrogen (secondary N) is 2. The smallest absolute Gasteiger partial charge is 0.326 e. The van der Waals surface area contributed by atoms with Crippen molar-refractivity contribution in [1.29, 1.82) is 0 Å². The summed E-state index contributed by atoms with van der Waals surface area (Å²) in [4.78, 5) is 39.6. The number of rotatable bonds is 2. The van der Waals surface area contributed by atoms with Crippen molar-refractivity contribution in [3.8, 4) is 23.0 Å². The summed E-state index contributed by atoms with van der Waals surface area (Å²) >= 11 is 13.5. The number of hydrogen-bond donors (Lipinski definition) is 2. The fourth-order valence-electron chi connectivity index (χ4n) is 4.78. The lowest BCUT2D eigenvalue weighted by molar-refractivity contribution is 0.451. The highest BCUT2D eigenvalue weighted by Gasteiger charge is 2.28. The van der Waals surface area contributed by atoms with Crippen LogP contribution in [0.3, 0.4) is 0 Å². The molecule has 2 N–H and O–H groups in total. The second-order valence-corrected chi connectivity index (χ2v) is 9.19. The molecule has 180 valence electrons. The summed E-state index contributed by atoms with van der Waals surface area (Å²) in [7, 11) is 0. The van der Waals surface area contributed by atoms with Crippen LogP contribution in [0.25, 0.3) is 22.1 Å².